The number of benzene rings is 2. The number of aryl methyl sites for hydroxylation is 1. The van der Waals surface area contributed by atoms with Crippen LogP contribution in [0.15, 0.2) is 52.9 Å². The van der Waals surface area contributed by atoms with Gasteiger partial charge in [0.05, 0.1) is 12.3 Å². The van der Waals surface area contributed by atoms with Crippen LogP contribution in [0.5, 0.6) is 0 Å². The van der Waals surface area contributed by atoms with Crippen LogP contribution in [0.1, 0.15) is 24.5 Å². The Hall–Kier alpha value is -2.98. The van der Waals surface area contributed by atoms with Gasteiger partial charge in [-0.1, -0.05) is 60.4 Å². The van der Waals surface area contributed by atoms with E-state index in [0.29, 0.717) is 22.6 Å². The highest BCUT2D eigenvalue weighted by Crippen LogP contribution is 2.26. The first-order chi connectivity index (χ1) is 15.9. The molecule has 7 nitrogen and oxygen atoms in total. The number of amides is 2. The summed E-state index contributed by atoms with van der Waals surface area (Å²) in [6.45, 7) is 4.89. The normalized spacial score (nSPS) is 10.6. The van der Waals surface area contributed by atoms with Crippen LogP contribution in [0.2, 0.25) is 0 Å². The molecule has 33 heavy (non-hydrogen) atoms. The van der Waals surface area contributed by atoms with Crippen LogP contribution in [0, 0.1) is 12.7 Å². The molecule has 2 aromatic carbocycles. The number of anilines is 2. The van der Waals surface area contributed by atoms with Crippen molar-refractivity contribution in [2.24, 2.45) is 0 Å². The second kappa shape index (κ2) is 12.3. The number of carbonyl (C=O) groups excluding carboxylic acids is 2. The van der Waals surface area contributed by atoms with Gasteiger partial charge in [-0.25, -0.2) is 4.39 Å². The Kier molecular flexibility index (Phi) is 9.20. The van der Waals surface area contributed by atoms with Crippen LogP contribution in [0.3, 0.4) is 0 Å². The zero-order valence-electron chi connectivity index (χ0n) is 18.5. The number of hydrogen-bond acceptors (Lipinski definition) is 7. The third-order valence-electron chi connectivity index (χ3n) is 4.68. The SMILES string of the molecule is CCCN(CC(=O)Nc1ccccc1C)C(=O)CSc1nnc(NCc2ccc(F)cc2)s1. The van der Waals surface area contributed by atoms with Gasteiger partial charge >= 0.3 is 0 Å². The van der Waals surface area contributed by atoms with Gasteiger partial charge in [0.15, 0.2) is 4.34 Å². The van der Waals surface area contributed by atoms with Crippen molar-refractivity contribution in [3.05, 3.63) is 65.5 Å². The second-order valence-corrected chi connectivity index (χ2v) is 9.52. The Bertz CT molecular complexity index is 1070. The Morgan fingerprint density at radius 3 is 2.61 bits per heavy atom. The molecule has 0 atom stereocenters. The lowest BCUT2D eigenvalue weighted by atomic mass is 10.2. The number of rotatable bonds is 11. The van der Waals surface area contributed by atoms with Crippen LogP contribution in [-0.2, 0) is 16.1 Å². The highest BCUT2D eigenvalue weighted by Gasteiger charge is 2.18. The number of nitrogens with one attached hydrogen (secondary N) is 2. The monoisotopic (exact) mass is 487 g/mol. The van der Waals surface area contributed by atoms with Crippen molar-refractivity contribution < 1.29 is 14.0 Å². The summed E-state index contributed by atoms with van der Waals surface area (Å²) < 4.78 is 13.7. The van der Waals surface area contributed by atoms with E-state index in [1.54, 1.807) is 17.0 Å². The van der Waals surface area contributed by atoms with Crippen molar-refractivity contribution in [1.82, 2.24) is 15.1 Å². The van der Waals surface area contributed by atoms with Crippen molar-refractivity contribution in [1.29, 1.82) is 0 Å². The van der Waals surface area contributed by atoms with E-state index in [-0.39, 0.29) is 29.9 Å². The predicted octanol–water partition coefficient (Wildman–Crippen LogP) is 4.57. The molecule has 0 unspecified atom stereocenters. The van der Waals surface area contributed by atoms with E-state index in [4.69, 9.17) is 0 Å². The molecule has 0 aliphatic heterocycles. The van der Waals surface area contributed by atoms with E-state index < -0.39 is 0 Å². The van der Waals surface area contributed by atoms with Crippen LogP contribution in [0.4, 0.5) is 15.2 Å². The van der Waals surface area contributed by atoms with E-state index in [9.17, 15) is 14.0 Å². The molecule has 0 saturated heterocycles. The average Bonchev–Trinajstić information content (AvgIpc) is 3.26. The summed E-state index contributed by atoms with van der Waals surface area (Å²) in [7, 11) is 0. The second-order valence-electron chi connectivity index (χ2n) is 7.32. The van der Waals surface area contributed by atoms with Crippen LogP contribution >= 0.6 is 23.1 Å². The molecule has 1 heterocycles. The molecule has 3 aromatic rings. The molecule has 10 heteroatoms. The number of aromatic nitrogens is 2. The van der Waals surface area contributed by atoms with Crippen LogP contribution in [-0.4, -0.2) is 45.8 Å². The first-order valence-electron chi connectivity index (χ1n) is 10.5. The quantitative estimate of drug-likeness (QED) is 0.386. The summed E-state index contributed by atoms with van der Waals surface area (Å²) in [5, 5.41) is 14.8. The maximum Gasteiger partial charge on any atom is 0.244 e. The van der Waals surface area contributed by atoms with Gasteiger partial charge in [0, 0.05) is 18.8 Å². The summed E-state index contributed by atoms with van der Waals surface area (Å²) in [6, 6.07) is 13.8. The minimum atomic E-state index is -0.275. The molecule has 0 saturated carbocycles. The molecule has 3 rings (SSSR count). The number of hydrogen-bond donors (Lipinski definition) is 2. The summed E-state index contributed by atoms with van der Waals surface area (Å²) in [5.74, 6) is -0.454. The number of nitrogens with zero attached hydrogens (tertiary/aromatic N) is 3. The minimum absolute atomic E-state index is 0.00214. The summed E-state index contributed by atoms with van der Waals surface area (Å²) >= 11 is 2.64. The van der Waals surface area contributed by atoms with E-state index >= 15 is 0 Å². The largest absolute Gasteiger partial charge is 0.356 e. The van der Waals surface area contributed by atoms with Crippen molar-refractivity contribution in [2.75, 3.05) is 29.5 Å². The summed E-state index contributed by atoms with van der Waals surface area (Å²) in [5.41, 5.74) is 2.64. The van der Waals surface area contributed by atoms with Gasteiger partial charge in [-0.3, -0.25) is 9.59 Å². The highest BCUT2D eigenvalue weighted by molar-refractivity contribution is 8.01. The van der Waals surface area contributed by atoms with Gasteiger partial charge in [0.1, 0.15) is 5.82 Å². The Balaban J connectivity index is 1.48. The molecular formula is C23H26FN5O2S2. The van der Waals surface area contributed by atoms with E-state index in [2.05, 4.69) is 20.8 Å². The van der Waals surface area contributed by atoms with Gasteiger partial charge in [0.25, 0.3) is 0 Å². The average molecular weight is 488 g/mol. The Morgan fingerprint density at radius 2 is 1.88 bits per heavy atom. The van der Waals surface area contributed by atoms with Crippen molar-refractivity contribution in [2.45, 2.75) is 31.2 Å². The van der Waals surface area contributed by atoms with E-state index in [1.807, 2.05) is 38.1 Å². The Labute approximate surface area is 200 Å². The number of thioether (sulfide) groups is 1. The maximum absolute atomic E-state index is 13.0. The zero-order chi connectivity index (χ0) is 23.6. The zero-order valence-corrected chi connectivity index (χ0v) is 20.1. The molecule has 0 aliphatic carbocycles. The van der Waals surface area contributed by atoms with E-state index in [1.165, 1.54) is 35.2 Å². The topological polar surface area (TPSA) is 87.2 Å². The van der Waals surface area contributed by atoms with Gasteiger partial charge < -0.3 is 15.5 Å². The third-order valence-corrected chi connectivity index (χ3v) is 6.68. The van der Waals surface area contributed by atoms with Gasteiger partial charge in [-0.2, -0.15) is 0 Å². The first kappa shape index (κ1) is 24.7. The van der Waals surface area contributed by atoms with Crippen LogP contribution < -0.4 is 10.6 Å². The predicted molar refractivity (Wildman–Crippen MR) is 131 cm³/mol. The lowest BCUT2D eigenvalue weighted by Crippen LogP contribution is -2.39. The van der Waals surface area contributed by atoms with Gasteiger partial charge in [-0.15, -0.1) is 10.2 Å². The molecule has 0 spiro atoms. The fourth-order valence-corrected chi connectivity index (χ4v) is 4.62. The lowest BCUT2D eigenvalue weighted by Gasteiger charge is -2.21. The smallest absolute Gasteiger partial charge is 0.244 e. The fraction of sp³-hybridized carbons (Fsp3) is 0.304. The molecule has 0 fully saturated rings. The van der Waals surface area contributed by atoms with Gasteiger partial charge in [-0.05, 0) is 42.7 Å². The lowest BCUT2D eigenvalue weighted by molar-refractivity contribution is -0.132. The van der Waals surface area contributed by atoms with E-state index in [0.717, 1.165) is 23.2 Å². The van der Waals surface area contributed by atoms with Crippen molar-refractivity contribution in [3.8, 4) is 0 Å². The number of carbonyl (C=O) groups is 2. The molecule has 2 amide bonds. The van der Waals surface area contributed by atoms with Gasteiger partial charge in [0.2, 0.25) is 16.9 Å². The minimum Gasteiger partial charge on any atom is -0.356 e. The summed E-state index contributed by atoms with van der Waals surface area (Å²) in [6.07, 6.45) is 0.754. The number of para-hydroxylation sites is 1. The maximum atomic E-state index is 13.0. The number of halogens is 1. The first-order valence-corrected chi connectivity index (χ1v) is 12.3. The molecular weight excluding hydrogens is 461 g/mol. The standard InChI is InChI=1S/C23H26FN5O2S2/c1-3-12-29(14-20(30)26-19-7-5-4-6-16(19)2)21(31)15-32-23-28-27-22(33-23)25-13-17-8-10-18(24)11-9-17/h4-11H,3,12-15H2,1-2H3,(H,25,27)(H,26,30). The molecule has 2 N–H and O–H groups in total. The molecule has 0 aliphatic rings. The molecule has 1 aromatic heterocycles. The van der Waals surface area contributed by atoms with Crippen LogP contribution in [0.25, 0.3) is 0 Å². The van der Waals surface area contributed by atoms with Crippen molar-refractivity contribution in [3.63, 3.8) is 0 Å². The van der Waals surface area contributed by atoms with Crippen molar-refractivity contribution >= 4 is 45.7 Å². The Morgan fingerprint density at radius 1 is 1.12 bits per heavy atom. The molecule has 0 radical (unpaired) electrons. The summed E-state index contributed by atoms with van der Waals surface area (Å²) in [4.78, 5) is 26.8. The third kappa shape index (κ3) is 7.83. The molecule has 0 bridgehead atoms. The fourth-order valence-electron chi connectivity index (χ4n) is 2.97. The molecule has 174 valence electrons. The highest BCUT2D eigenvalue weighted by atomic mass is 32.2.